The number of halogens is 1. The number of carbonyl (C=O) groups excluding carboxylic acids is 1. The maximum absolute atomic E-state index is 12.8. The lowest BCUT2D eigenvalue weighted by Crippen LogP contribution is -2.33. The first-order chi connectivity index (χ1) is 9.15. The molecule has 1 amide bonds. The molecular formula is C15H19FN2O. The molecule has 2 rings (SSSR count). The molecule has 0 saturated carbocycles. The molecule has 0 radical (unpaired) electrons. The van der Waals surface area contributed by atoms with Gasteiger partial charge in [-0.1, -0.05) is 12.1 Å². The minimum Gasteiger partial charge on any atom is -0.338 e. The quantitative estimate of drug-likeness (QED) is 0.761. The fourth-order valence-electron chi connectivity index (χ4n) is 2.11. The van der Waals surface area contributed by atoms with E-state index in [1.807, 2.05) is 4.90 Å². The van der Waals surface area contributed by atoms with Gasteiger partial charge < -0.3 is 9.80 Å². The molecule has 1 aromatic carbocycles. The Hall–Kier alpha value is -1.68. The standard InChI is InChI=1S/C15H19FN2O/c1-17-9-2-10-18(12-11-17)15(19)8-5-13-3-6-14(16)7-4-13/h3-8H,2,9-12H2,1H3. The summed E-state index contributed by atoms with van der Waals surface area (Å²) >= 11 is 0. The van der Waals surface area contributed by atoms with E-state index in [1.54, 1.807) is 24.3 Å². The Morgan fingerprint density at radius 1 is 1.16 bits per heavy atom. The summed E-state index contributed by atoms with van der Waals surface area (Å²) in [7, 11) is 2.07. The van der Waals surface area contributed by atoms with E-state index >= 15 is 0 Å². The molecule has 1 aliphatic heterocycles. The molecule has 0 N–H and O–H groups in total. The van der Waals surface area contributed by atoms with Crippen molar-refractivity contribution >= 4 is 12.0 Å². The van der Waals surface area contributed by atoms with Crippen molar-refractivity contribution in [3.8, 4) is 0 Å². The van der Waals surface area contributed by atoms with Crippen molar-refractivity contribution in [3.05, 3.63) is 41.7 Å². The third-order valence-electron chi connectivity index (χ3n) is 3.32. The SMILES string of the molecule is CN1CCCN(C(=O)C=Cc2ccc(F)cc2)CC1. The molecule has 0 unspecified atom stereocenters. The van der Waals surface area contributed by atoms with E-state index in [9.17, 15) is 9.18 Å². The predicted octanol–water partition coefficient (Wildman–Crippen LogP) is 2.00. The van der Waals surface area contributed by atoms with E-state index in [2.05, 4.69) is 11.9 Å². The van der Waals surface area contributed by atoms with Crippen molar-refractivity contribution < 1.29 is 9.18 Å². The number of carbonyl (C=O) groups is 1. The molecule has 1 fully saturated rings. The zero-order valence-electron chi connectivity index (χ0n) is 11.2. The summed E-state index contributed by atoms with van der Waals surface area (Å²) in [6, 6.07) is 6.11. The highest BCUT2D eigenvalue weighted by molar-refractivity contribution is 5.91. The Morgan fingerprint density at radius 2 is 1.89 bits per heavy atom. The van der Waals surface area contributed by atoms with Gasteiger partial charge in [0, 0.05) is 25.7 Å². The second kappa shape index (κ2) is 6.48. The van der Waals surface area contributed by atoms with Crippen LogP contribution < -0.4 is 0 Å². The molecule has 1 aromatic rings. The molecular weight excluding hydrogens is 243 g/mol. The molecule has 0 aromatic heterocycles. The molecule has 4 heteroatoms. The van der Waals surface area contributed by atoms with Crippen LogP contribution in [0.15, 0.2) is 30.3 Å². The first-order valence-corrected chi connectivity index (χ1v) is 6.56. The van der Waals surface area contributed by atoms with Crippen LogP contribution in [0.5, 0.6) is 0 Å². The van der Waals surface area contributed by atoms with Gasteiger partial charge >= 0.3 is 0 Å². The van der Waals surface area contributed by atoms with E-state index in [4.69, 9.17) is 0 Å². The van der Waals surface area contributed by atoms with Gasteiger partial charge in [-0.25, -0.2) is 4.39 Å². The van der Waals surface area contributed by atoms with Gasteiger partial charge in [-0.2, -0.15) is 0 Å². The number of rotatable bonds is 2. The van der Waals surface area contributed by atoms with Crippen LogP contribution in [-0.2, 0) is 4.79 Å². The Morgan fingerprint density at radius 3 is 2.63 bits per heavy atom. The highest BCUT2D eigenvalue weighted by Gasteiger charge is 2.14. The molecule has 3 nitrogen and oxygen atoms in total. The third-order valence-corrected chi connectivity index (χ3v) is 3.32. The number of nitrogens with zero attached hydrogens (tertiary/aromatic N) is 2. The fraction of sp³-hybridized carbons (Fsp3) is 0.400. The lowest BCUT2D eigenvalue weighted by molar-refractivity contribution is -0.125. The molecule has 0 atom stereocenters. The molecule has 1 aliphatic rings. The summed E-state index contributed by atoms with van der Waals surface area (Å²) in [5, 5.41) is 0. The van der Waals surface area contributed by atoms with Crippen molar-refractivity contribution in [2.75, 3.05) is 33.2 Å². The molecule has 102 valence electrons. The summed E-state index contributed by atoms with van der Waals surface area (Å²) in [5.41, 5.74) is 0.835. The highest BCUT2D eigenvalue weighted by Crippen LogP contribution is 2.06. The van der Waals surface area contributed by atoms with Crippen molar-refractivity contribution in [1.82, 2.24) is 9.80 Å². The molecule has 0 aliphatic carbocycles. The lowest BCUT2D eigenvalue weighted by atomic mass is 10.2. The highest BCUT2D eigenvalue weighted by atomic mass is 19.1. The van der Waals surface area contributed by atoms with Crippen LogP contribution in [-0.4, -0.2) is 48.9 Å². The molecule has 1 saturated heterocycles. The Bertz CT molecular complexity index is 456. The Balaban J connectivity index is 1.94. The van der Waals surface area contributed by atoms with E-state index in [1.165, 1.54) is 12.1 Å². The average molecular weight is 262 g/mol. The lowest BCUT2D eigenvalue weighted by Gasteiger charge is -2.18. The topological polar surface area (TPSA) is 23.6 Å². The fourth-order valence-corrected chi connectivity index (χ4v) is 2.11. The zero-order valence-corrected chi connectivity index (χ0v) is 11.2. The second-order valence-electron chi connectivity index (χ2n) is 4.87. The second-order valence-corrected chi connectivity index (χ2v) is 4.87. The van der Waals surface area contributed by atoms with Gasteiger partial charge in [-0.05, 0) is 43.8 Å². The van der Waals surface area contributed by atoms with Gasteiger partial charge in [0.15, 0.2) is 0 Å². The van der Waals surface area contributed by atoms with E-state index in [0.717, 1.165) is 38.2 Å². The van der Waals surface area contributed by atoms with Gasteiger partial charge in [0.25, 0.3) is 0 Å². The summed E-state index contributed by atoms with van der Waals surface area (Å²) in [6.45, 7) is 3.52. The third kappa shape index (κ3) is 4.17. The van der Waals surface area contributed by atoms with Gasteiger partial charge in [0.2, 0.25) is 5.91 Å². The largest absolute Gasteiger partial charge is 0.338 e. The Labute approximate surface area is 113 Å². The van der Waals surface area contributed by atoms with Crippen LogP contribution in [0.25, 0.3) is 6.08 Å². The van der Waals surface area contributed by atoms with Crippen molar-refractivity contribution in [3.63, 3.8) is 0 Å². The number of hydrogen-bond donors (Lipinski definition) is 0. The minimum atomic E-state index is -0.265. The normalized spacial score (nSPS) is 17.7. The average Bonchev–Trinajstić information content (AvgIpc) is 2.63. The molecule has 0 spiro atoms. The van der Waals surface area contributed by atoms with E-state index in [0.29, 0.717) is 0 Å². The van der Waals surface area contributed by atoms with Gasteiger partial charge in [0.1, 0.15) is 5.82 Å². The molecule has 1 heterocycles. The van der Waals surface area contributed by atoms with Crippen LogP contribution >= 0.6 is 0 Å². The summed E-state index contributed by atoms with van der Waals surface area (Å²) in [6.07, 6.45) is 4.31. The zero-order chi connectivity index (χ0) is 13.7. The van der Waals surface area contributed by atoms with Crippen molar-refractivity contribution in [2.24, 2.45) is 0 Å². The summed E-state index contributed by atoms with van der Waals surface area (Å²) in [4.78, 5) is 16.1. The summed E-state index contributed by atoms with van der Waals surface area (Å²) < 4.78 is 12.8. The maximum Gasteiger partial charge on any atom is 0.246 e. The van der Waals surface area contributed by atoms with E-state index in [-0.39, 0.29) is 11.7 Å². The van der Waals surface area contributed by atoms with Crippen LogP contribution in [0.4, 0.5) is 4.39 Å². The van der Waals surface area contributed by atoms with E-state index < -0.39 is 0 Å². The first-order valence-electron chi connectivity index (χ1n) is 6.56. The van der Waals surface area contributed by atoms with Crippen LogP contribution in [0.1, 0.15) is 12.0 Å². The monoisotopic (exact) mass is 262 g/mol. The number of amides is 1. The number of hydrogen-bond acceptors (Lipinski definition) is 2. The number of likely N-dealkylation sites (N-methyl/N-ethyl adjacent to an activating group) is 1. The smallest absolute Gasteiger partial charge is 0.246 e. The van der Waals surface area contributed by atoms with Gasteiger partial charge in [-0.3, -0.25) is 4.79 Å². The molecule has 19 heavy (non-hydrogen) atoms. The van der Waals surface area contributed by atoms with Crippen LogP contribution in [0, 0.1) is 5.82 Å². The maximum atomic E-state index is 12.8. The molecule has 0 bridgehead atoms. The van der Waals surface area contributed by atoms with Crippen LogP contribution in [0.2, 0.25) is 0 Å². The van der Waals surface area contributed by atoms with Crippen LogP contribution in [0.3, 0.4) is 0 Å². The van der Waals surface area contributed by atoms with Gasteiger partial charge in [0.05, 0.1) is 0 Å². The Kier molecular flexibility index (Phi) is 4.68. The minimum absolute atomic E-state index is 0.0274. The summed E-state index contributed by atoms with van der Waals surface area (Å²) in [5.74, 6) is -0.237. The van der Waals surface area contributed by atoms with Gasteiger partial charge in [-0.15, -0.1) is 0 Å². The first kappa shape index (κ1) is 13.7. The predicted molar refractivity (Wildman–Crippen MR) is 74.1 cm³/mol. The van der Waals surface area contributed by atoms with Crippen molar-refractivity contribution in [1.29, 1.82) is 0 Å². The van der Waals surface area contributed by atoms with Crippen molar-refractivity contribution in [2.45, 2.75) is 6.42 Å². The number of benzene rings is 1.